The molecular formula is C24H25NO5. The minimum absolute atomic E-state index is 0.125. The predicted molar refractivity (Wildman–Crippen MR) is 112 cm³/mol. The topological polar surface area (TPSA) is 87.1 Å². The van der Waals surface area contributed by atoms with Crippen LogP contribution in [-0.4, -0.2) is 47.3 Å². The van der Waals surface area contributed by atoms with Gasteiger partial charge in [0.1, 0.15) is 11.4 Å². The smallest absolute Gasteiger partial charge is 0.352 e. The average molecular weight is 407 g/mol. The highest BCUT2D eigenvalue weighted by molar-refractivity contribution is 5.94. The Morgan fingerprint density at radius 2 is 1.87 bits per heavy atom. The Morgan fingerprint density at radius 3 is 2.53 bits per heavy atom. The quantitative estimate of drug-likeness (QED) is 0.735. The molecular weight excluding hydrogens is 382 g/mol. The number of likely N-dealkylation sites (tertiary alicyclic amines) is 1. The van der Waals surface area contributed by atoms with Gasteiger partial charge in [-0.2, -0.15) is 0 Å². The van der Waals surface area contributed by atoms with Crippen molar-refractivity contribution in [3.8, 4) is 5.75 Å². The van der Waals surface area contributed by atoms with E-state index in [1.807, 2.05) is 12.1 Å². The van der Waals surface area contributed by atoms with Crippen LogP contribution in [0.1, 0.15) is 41.4 Å². The van der Waals surface area contributed by atoms with Crippen molar-refractivity contribution in [1.82, 2.24) is 4.90 Å². The number of aliphatic carboxylic acids is 2. The van der Waals surface area contributed by atoms with Crippen LogP contribution >= 0.6 is 0 Å². The van der Waals surface area contributed by atoms with Crippen LogP contribution in [0.4, 0.5) is 0 Å². The SMILES string of the molecule is COc1ccc2c(c1)C1CN(C(=CC(=O)O)C(=O)O)CCC1CC2c1ccccc1. The molecule has 4 rings (SSSR count). The van der Waals surface area contributed by atoms with E-state index in [2.05, 4.69) is 36.4 Å². The van der Waals surface area contributed by atoms with Gasteiger partial charge >= 0.3 is 11.9 Å². The number of nitrogens with zero attached hydrogens (tertiary/aromatic N) is 1. The lowest BCUT2D eigenvalue weighted by Crippen LogP contribution is -2.43. The Morgan fingerprint density at radius 1 is 1.10 bits per heavy atom. The number of carbonyl (C=O) groups is 2. The first-order valence-electron chi connectivity index (χ1n) is 10.1. The molecule has 0 aromatic heterocycles. The Kier molecular flexibility index (Phi) is 5.48. The van der Waals surface area contributed by atoms with E-state index in [4.69, 9.17) is 9.84 Å². The molecule has 1 aliphatic heterocycles. The molecule has 0 amide bonds. The molecule has 6 nitrogen and oxygen atoms in total. The summed E-state index contributed by atoms with van der Waals surface area (Å²) in [7, 11) is 1.64. The van der Waals surface area contributed by atoms with Crippen LogP contribution < -0.4 is 4.74 Å². The molecule has 0 saturated carbocycles. The standard InChI is InChI=1S/C24H25NO5/c1-30-17-7-8-18-19(15-5-3-2-4-6-15)11-16-9-10-25(14-21(16)20(18)12-17)22(24(28)29)13-23(26)27/h2-8,12-13,16,19,21H,9-11,14H2,1H3,(H,26,27)(H,28,29). The number of carboxylic acids is 2. The monoisotopic (exact) mass is 407 g/mol. The first kappa shape index (κ1) is 20.0. The number of hydrogen-bond donors (Lipinski definition) is 2. The number of piperidine rings is 1. The summed E-state index contributed by atoms with van der Waals surface area (Å²) in [5, 5.41) is 18.6. The molecule has 3 atom stereocenters. The second-order valence-corrected chi connectivity index (χ2v) is 7.97. The fraction of sp³-hybridized carbons (Fsp3) is 0.333. The molecule has 1 fully saturated rings. The number of fused-ring (bicyclic) bond motifs is 3. The Labute approximate surface area is 175 Å². The third-order valence-corrected chi connectivity index (χ3v) is 6.39. The van der Waals surface area contributed by atoms with Crippen LogP contribution in [0.5, 0.6) is 5.75 Å². The van der Waals surface area contributed by atoms with Crippen LogP contribution in [0.2, 0.25) is 0 Å². The summed E-state index contributed by atoms with van der Waals surface area (Å²) in [4.78, 5) is 24.5. The van der Waals surface area contributed by atoms with E-state index in [-0.39, 0.29) is 17.5 Å². The van der Waals surface area contributed by atoms with Crippen molar-refractivity contribution in [1.29, 1.82) is 0 Å². The lowest BCUT2D eigenvalue weighted by molar-refractivity contribution is -0.136. The number of rotatable bonds is 5. The molecule has 2 aromatic carbocycles. The van der Waals surface area contributed by atoms with Gasteiger partial charge in [-0.25, -0.2) is 9.59 Å². The summed E-state index contributed by atoms with van der Waals surface area (Å²) in [6, 6.07) is 16.6. The highest BCUT2D eigenvalue weighted by Gasteiger charge is 2.40. The Bertz CT molecular complexity index is 984. The van der Waals surface area contributed by atoms with Gasteiger partial charge in [-0.1, -0.05) is 36.4 Å². The third-order valence-electron chi connectivity index (χ3n) is 6.39. The first-order chi connectivity index (χ1) is 14.5. The molecule has 0 bridgehead atoms. The largest absolute Gasteiger partial charge is 0.497 e. The van der Waals surface area contributed by atoms with E-state index >= 15 is 0 Å². The fourth-order valence-corrected chi connectivity index (χ4v) is 5.01. The van der Waals surface area contributed by atoms with E-state index in [1.54, 1.807) is 12.0 Å². The van der Waals surface area contributed by atoms with E-state index in [0.29, 0.717) is 19.0 Å². The molecule has 1 heterocycles. The van der Waals surface area contributed by atoms with Gasteiger partial charge in [0.15, 0.2) is 0 Å². The Balaban J connectivity index is 1.73. The van der Waals surface area contributed by atoms with Gasteiger partial charge in [0.05, 0.1) is 13.2 Å². The van der Waals surface area contributed by atoms with Crippen LogP contribution in [0.25, 0.3) is 0 Å². The normalized spacial score (nSPS) is 23.3. The number of hydrogen-bond acceptors (Lipinski definition) is 4. The van der Waals surface area contributed by atoms with Gasteiger partial charge < -0.3 is 19.8 Å². The van der Waals surface area contributed by atoms with Crippen molar-refractivity contribution in [2.45, 2.75) is 24.7 Å². The number of ether oxygens (including phenoxy) is 1. The van der Waals surface area contributed by atoms with Crippen LogP contribution in [-0.2, 0) is 9.59 Å². The molecule has 6 heteroatoms. The molecule has 1 aliphatic carbocycles. The average Bonchev–Trinajstić information content (AvgIpc) is 2.76. The van der Waals surface area contributed by atoms with E-state index < -0.39 is 11.9 Å². The third kappa shape index (κ3) is 3.77. The molecule has 3 unspecified atom stereocenters. The lowest BCUT2D eigenvalue weighted by atomic mass is 9.66. The maximum absolute atomic E-state index is 11.7. The molecule has 1 saturated heterocycles. The fourth-order valence-electron chi connectivity index (χ4n) is 5.01. The van der Waals surface area contributed by atoms with Crippen LogP contribution in [0, 0.1) is 5.92 Å². The van der Waals surface area contributed by atoms with E-state index in [9.17, 15) is 14.7 Å². The summed E-state index contributed by atoms with van der Waals surface area (Å²) >= 11 is 0. The zero-order valence-corrected chi connectivity index (χ0v) is 16.8. The van der Waals surface area contributed by atoms with Crippen molar-refractivity contribution in [2.24, 2.45) is 5.92 Å². The summed E-state index contributed by atoms with van der Waals surface area (Å²) < 4.78 is 5.47. The predicted octanol–water partition coefficient (Wildman–Crippen LogP) is 3.69. The van der Waals surface area contributed by atoms with Crippen molar-refractivity contribution in [3.63, 3.8) is 0 Å². The minimum atomic E-state index is -1.25. The van der Waals surface area contributed by atoms with Crippen molar-refractivity contribution in [3.05, 3.63) is 77.0 Å². The highest BCUT2D eigenvalue weighted by Crippen LogP contribution is 2.49. The van der Waals surface area contributed by atoms with Gasteiger partial charge in [0.2, 0.25) is 0 Å². The molecule has 0 radical (unpaired) electrons. The Hall–Kier alpha value is -3.28. The van der Waals surface area contributed by atoms with E-state index in [1.165, 1.54) is 16.7 Å². The molecule has 2 aliphatic rings. The second-order valence-electron chi connectivity index (χ2n) is 7.97. The number of benzene rings is 2. The zero-order chi connectivity index (χ0) is 21.3. The minimum Gasteiger partial charge on any atom is -0.497 e. The molecule has 0 spiro atoms. The van der Waals surface area contributed by atoms with Crippen LogP contribution in [0.15, 0.2) is 60.3 Å². The van der Waals surface area contributed by atoms with Crippen molar-refractivity contribution >= 4 is 11.9 Å². The van der Waals surface area contributed by atoms with Gasteiger partial charge in [-0.15, -0.1) is 0 Å². The maximum atomic E-state index is 11.7. The second kappa shape index (κ2) is 8.22. The number of carboxylic acid groups (broad SMARTS) is 2. The van der Waals surface area contributed by atoms with Gasteiger partial charge in [0, 0.05) is 24.9 Å². The van der Waals surface area contributed by atoms with Crippen molar-refractivity contribution < 1.29 is 24.5 Å². The highest BCUT2D eigenvalue weighted by atomic mass is 16.5. The molecule has 2 N–H and O–H groups in total. The van der Waals surface area contributed by atoms with Gasteiger partial charge in [-0.05, 0) is 47.6 Å². The molecule has 156 valence electrons. The molecule has 30 heavy (non-hydrogen) atoms. The number of methoxy groups -OCH3 is 1. The summed E-state index contributed by atoms with van der Waals surface area (Å²) in [6.45, 7) is 1.02. The first-order valence-corrected chi connectivity index (χ1v) is 10.1. The van der Waals surface area contributed by atoms with E-state index in [0.717, 1.165) is 24.7 Å². The summed E-state index contributed by atoms with van der Waals surface area (Å²) in [5.74, 6) is -0.873. The summed E-state index contributed by atoms with van der Waals surface area (Å²) in [5.41, 5.74) is 3.53. The van der Waals surface area contributed by atoms with Gasteiger partial charge in [-0.3, -0.25) is 0 Å². The van der Waals surface area contributed by atoms with Gasteiger partial charge in [0.25, 0.3) is 0 Å². The van der Waals surface area contributed by atoms with Crippen LogP contribution in [0.3, 0.4) is 0 Å². The maximum Gasteiger partial charge on any atom is 0.352 e. The van der Waals surface area contributed by atoms with Crippen molar-refractivity contribution in [2.75, 3.05) is 20.2 Å². The lowest BCUT2D eigenvalue weighted by Gasteiger charge is -2.45. The zero-order valence-electron chi connectivity index (χ0n) is 16.8. The summed E-state index contributed by atoms with van der Waals surface area (Å²) in [6.07, 6.45) is 2.60. The molecule has 2 aromatic rings.